The van der Waals surface area contributed by atoms with Gasteiger partial charge in [-0.2, -0.15) is 0 Å². The van der Waals surface area contributed by atoms with E-state index in [1.807, 2.05) is 11.8 Å². The Balaban J connectivity index is 1.68. The zero-order valence-electron chi connectivity index (χ0n) is 12.0. The molecule has 2 atom stereocenters. The summed E-state index contributed by atoms with van der Waals surface area (Å²) in [6, 6.07) is 17.4. The number of hydrogen-bond donors (Lipinski definition) is 1. The second-order valence-corrected chi connectivity index (χ2v) is 7.69. The SMILES string of the molecule is NCC(Cc1cccc(Br)c1)CC1CSc2ccccc21. The van der Waals surface area contributed by atoms with Crippen LogP contribution in [0.25, 0.3) is 0 Å². The molecule has 0 amide bonds. The van der Waals surface area contributed by atoms with Crippen LogP contribution in [-0.2, 0) is 6.42 Å². The number of benzene rings is 2. The van der Waals surface area contributed by atoms with E-state index in [1.165, 1.54) is 28.2 Å². The maximum atomic E-state index is 6.04. The largest absolute Gasteiger partial charge is 0.330 e. The molecule has 0 bridgehead atoms. The summed E-state index contributed by atoms with van der Waals surface area (Å²) in [5.41, 5.74) is 8.94. The molecule has 3 heteroatoms. The monoisotopic (exact) mass is 361 g/mol. The Morgan fingerprint density at radius 3 is 2.86 bits per heavy atom. The van der Waals surface area contributed by atoms with Crippen LogP contribution >= 0.6 is 27.7 Å². The maximum Gasteiger partial charge on any atom is 0.0177 e. The zero-order valence-corrected chi connectivity index (χ0v) is 14.4. The van der Waals surface area contributed by atoms with Gasteiger partial charge in [-0.25, -0.2) is 0 Å². The number of fused-ring (bicyclic) bond motifs is 1. The molecule has 2 N–H and O–H groups in total. The summed E-state index contributed by atoms with van der Waals surface area (Å²) in [6.45, 7) is 0.760. The van der Waals surface area contributed by atoms with Gasteiger partial charge in [0.2, 0.25) is 0 Å². The van der Waals surface area contributed by atoms with Gasteiger partial charge in [0.05, 0.1) is 0 Å². The highest BCUT2D eigenvalue weighted by atomic mass is 79.9. The Hall–Kier alpha value is -0.770. The molecule has 3 rings (SSSR count). The average Bonchev–Trinajstić information content (AvgIpc) is 2.90. The highest BCUT2D eigenvalue weighted by molar-refractivity contribution is 9.10. The molecule has 1 aliphatic rings. The molecule has 0 radical (unpaired) electrons. The zero-order chi connectivity index (χ0) is 14.7. The van der Waals surface area contributed by atoms with E-state index in [4.69, 9.17) is 5.73 Å². The third-order valence-corrected chi connectivity index (χ3v) is 5.91. The lowest BCUT2D eigenvalue weighted by atomic mass is 9.87. The highest BCUT2D eigenvalue weighted by Crippen LogP contribution is 2.42. The molecule has 0 fully saturated rings. The van der Waals surface area contributed by atoms with Gasteiger partial charge in [-0.15, -0.1) is 11.8 Å². The molecule has 0 aromatic heterocycles. The van der Waals surface area contributed by atoms with E-state index in [0.29, 0.717) is 11.8 Å². The lowest BCUT2D eigenvalue weighted by molar-refractivity contribution is 0.457. The van der Waals surface area contributed by atoms with Crippen LogP contribution in [0, 0.1) is 5.92 Å². The number of thioether (sulfide) groups is 1. The Morgan fingerprint density at radius 1 is 1.19 bits per heavy atom. The Bertz CT molecular complexity index is 614. The van der Waals surface area contributed by atoms with Crippen molar-refractivity contribution in [3.05, 3.63) is 64.1 Å². The van der Waals surface area contributed by atoms with Gasteiger partial charge in [0, 0.05) is 15.1 Å². The fourth-order valence-corrected chi connectivity index (χ4v) is 4.81. The summed E-state index contributed by atoms with van der Waals surface area (Å²) in [6.07, 6.45) is 2.26. The first-order valence-corrected chi connectivity index (χ1v) is 9.20. The molecule has 110 valence electrons. The van der Waals surface area contributed by atoms with E-state index >= 15 is 0 Å². The number of rotatable bonds is 5. The van der Waals surface area contributed by atoms with Crippen molar-refractivity contribution in [3.63, 3.8) is 0 Å². The molecule has 0 aliphatic carbocycles. The average molecular weight is 362 g/mol. The van der Waals surface area contributed by atoms with Crippen molar-refractivity contribution in [3.8, 4) is 0 Å². The third-order valence-electron chi connectivity index (χ3n) is 4.16. The third kappa shape index (κ3) is 3.71. The van der Waals surface area contributed by atoms with E-state index in [9.17, 15) is 0 Å². The van der Waals surface area contributed by atoms with Crippen molar-refractivity contribution in [2.45, 2.75) is 23.7 Å². The molecular weight excluding hydrogens is 342 g/mol. The van der Waals surface area contributed by atoms with Gasteiger partial charge in [0.1, 0.15) is 0 Å². The summed E-state index contributed by atoms with van der Waals surface area (Å²) < 4.78 is 1.15. The number of halogens is 1. The van der Waals surface area contributed by atoms with E-state index in [0.717, 1.165) is 17.4 Å². The molecule has 2 aromatic carbocycles. The molecule has 21 heavy (non-hydrogen) atoms. The molecule has 1 heterocycles. The quantitative estimate of drug-likeness (QED) is 0.823. The first kappa shape index (κ1) is 15.1. The summed E-state index contributed by atoms with van der Waals surface area (Å²) in [7, 11) is 0. The van der Waals surface area contributed by atoms with Crippen molar-refractivity contribution >= 4 is 27.7 Å². The van der Waals surface area contributed by atoms with Crippen molar-refractivity contribution in [2.24, 2.45) is 11.7 Å². The van der Waals surface area contributed by atoms with Gasteiger partial charge >= 0.3 is 0 Å². The normalized spacial score (nSPS) is 18.5. The second kappa shape index (κ2) is 6.99. The predicted molar refractivity (Wildman–Crippen MR) is 94.9 cm³/mol. The predicted octanol–water partition coefficient (Wildman–Crippen LogP) is 4.85. The van der Waals surface area contributed by atoms with Crippen LogP contribution < -0.4 is 5.73 Å². The topological polar surface area (TPSA) is 26.0 Å². The van der Waals surface area contributed by atoms with Crippen molar-refractivity contribution in [1.82, 2.24) is 0 Å². The number of nitrogens with two attached hydrogens (primary N) is 1. The van der Waals surface area contributed by atoms with Crippen molar-refractivity contribution in [2.75, 3.05) is 12.3 Å². The van der Waals surface area contributed by atoms with Crippen molar-refractivity contribution < 1.29 is 0 Å². The molecule has 1 aliphatic heterocycles. The first-order chi connectivity index (χ1) is 10.3. The van der Waals surface area contributed by atoms with Crippen LogP contribution in [0.4, 0.5) is 0 Å². The minimum atomic E-state index is 0.552. The molecular formula is C18H20BrNS. The summed E-state index contributed by atoms with van der Waals surface area (Å²) >= 11 is 5.54. The van der Waals surface area contributed by atoms with E-state index in [2.05, 4.69) is 64.5 Å². The van der Waals surface area contributed by atoms with Gasteiger partial charge in [-0.3, -0.25) is 0 Å². The molecule has 2 unspecified atom stereocenters. The summed E-state index contributed by atoms with van der Waals surface area (Å²) in [5.74, 6) is 2.41. The lowest BCUT2D eigenvalue weighted by Crippen LogP contribution is -2.20. The summed E-state index contributed by atoms with van der Waals surface area (Å²) in [4.78, 5) is 1.46. The van der Waals surface area contributed by atoms with Crippen LogP contribution in [0.3, 0.4) is 0 Å². The molecule has 1 nitrogen and oxygen atoms in total. The molecule has 0 spiro atoms. The molecule has 2 aromatic rings. The Kier molecular flexibility index (Phi) is 5.04. The smallest absolute Gasteiger partial charge is 0.0177 e. The fraction of sp³-hybridized carbons (Fsp3) is 0.333. The second-order valence-electron chi connectivity index (χ2n) is 5.72. The Labute approximate surface area is 139 Å². The van der Waals surface area contributed by atoms with E-state index in [-0.39, 0.29) is 0 Å². The number of hydrogen-bond acceptors (Lipinski definition) is 2. The minimum absolute atomic E-state index is 0.552. The van der Waals surface area contributed by atoms with Crippen LogP contribution in [0.2, 0.25) is 0 Å². The van der Waals surface area contributed by atoms with E-state index in [1.54, 1.807) is 0 Å². The van der Waals surface area contributed by atoms with Gasteiger partial charge in [-0.1, -0.05) is 46.3 Å². The van der Waals surface area contributed by atoms with Crippen LogP contribution in [0.5, 0.6) is 0 Å². The van der Waals surface area contributed by atoms with E-state index < -0.39 is 0 Å². The van der Waals surface area contributed by atoms with Gasteiger partial charge in [0.25, 0.3) is 0 Å². The summed E-state index contributed by atoms with van der Waals surface area (Å²) in [5, 5.41) is 0. The van der Waals surface area contributed by atoms with Crippen molar-refractivity contribution in [1.29, 1.82) is 0 Å². The fourth-order valence-electron chi connectivity index (χ4n) is 3.09. The van der Waals surface area contributed by atoms with Gasteiger partial charge in [0.15, 0.2) is 0 Å². The lowest BCUT2D eigenvalue weighted by Gasteiger charge is -2.19. The van der Waals surface area contributed by atoms with Crippen LogP contribution in [-0.4, -0.2) is 12.3 Å². The van der Waals surface area contributed by atoms with Crippen LogP contribution in [0.15, 0.2) is 57.9 Å². The minimum Gasteiger partial charge on any atom is -0.330 e. The Morgan fingerprint density at radius 2 is 2.05 bits per heavy atom. The first-order valence-electron chi connectivity index (χ1n) is 7.42. The highest BCUT2D eigenvalue weighted by Gasteiger charge is 2.25. The van der Waals surface area contributed by atoms with Gasteiger partial charge in [-0.05, 0) is 60.5 Å². The molecule has 0 saturated carbocycles. The van der Waals surface area contributed by atoms with Gasteiger partial charge < -0.3 is 5.73 Å². The van der Waals surface area contributed by atoms with Crippen LogP contribution in [0.1, 0.15) is 23.5 Å². The molecule has 0 saturated heterocycles. The standard InChI is InChI=1S/C18H20BrNS/c19-16-5-3-4-13(10-16)8-14(11-20)9-15-12-21-18-7-2-1-6-17(15)18/h1-7,10,14-15H,8-9,11-12,20H2. The maximum absolute atomic E-state index is 6.04.